The van der Waals surface area contributed by atoms with Crippen molar-refractivity contribution in [2.75, 3.05) is 19.0 Å². The van der Waals surface area contributed by atoms with Crippen LogP contribution in [0.1, 0.15) is 51.8 Å². The Bertz CT molecular complexity index is 1410. The van der Waals surface area contributed by atoms with E-state index >= 15 is 0 Å². The van der Waals surface area contributed by atoms with Crippen molar-refractivity contribution in [1.29, 1.82) is 0 Å². The lowest BCUT2D eigenvalue weighted by Crippen LogP contribution is -2.13. The first kappa shape index (κ1) is 22.5. The molecule has 0 aliphatic rings. The summed E-state index contributed by atoms with van der Waals surface area (Å²) in [6.45, 7) is 6.58. The molecule has 0 fully saturated rings. The summed E-state index contributed by atoms with van der Waals surface area (Å²) in [7, 11) is 3.76. The Hall–Kier alpha value is -3.73. The maximum Gasteiger partial charge on any atom is 0.165 e. The van der Waals surface area contributed by atoms with Crippen LogP contribution in [0, 0.1) is 5.92 Å². The quantitative estimate of drug-likeness (QED) is 0.261. The van der Waals surface area contributed by atoms with Gasteiger partial charge in [0.2, 0.25) is 0 Å². The highest BCUT2D eigenvalue weighted by Gasteiger charge is 2.22. The lowest BCUT2D eigenvalue weighted by Gasteiger charge is -2.20. The Balaban J connectivity index is 2.15. The first-order valence-electron chi connectivity index (χ1n) is 11.2. The lowest BCUT2D eigenvalue weighted by molar-refractivity contribution is 0.0939. The van der Waals surface area contributed by atoms with E-state index in [-0.39, 0.29) is 11.7 Å². The molecular weight excluding hydrogens is 412 g/mol. The topological polar surface area (TPSA) is 59.4 Å². The molecule has 0 unspecified atom stereocenters. The SMILES string of the molecule is CCn1c2ccc(C(=O)C(C)C)cc2c2cccc(-c3c(C=O)ccc(N(C)C)c3C=O)c21. The Kier molecular flexibility index (Phi) is 5.90. The highest BCUT2D eigenvalue weighted by Crippen LogP contribution is 2.40. The van der Waals surface area contributed by atoms with Crippen LogP contribution < -0.4 is 4.90 Å². The van der Waals surface area contributed by atoms with Crippen molar-refractivity contribution in [2.45, 2.75) is 27.3 Å². The van der Waals surface area contributed by atoms with Crippen LogP contribution in [-0.4, -0.2) is 37.0 Å². The number of anilines is 1. The number of ketones is 1. The summed E-state index contributed by atoms with van der Waals surface area (Å²) in [5.74, 6) is 0.0206. The average molecular weight is 441 g/mol. The molecule has 0 spiro atoms. The third-order valence-electron chi connectivity index (χ3n) is 6.26. The van der Waals surface area contributed by atoms with Crippen LogP contribution in [0.3, 0.4) is 0 Å². The molecule has 5 nitrogen and oxygen atoms in total. The molecule has 1 aromatic heterocycles. The van der Waals surface area contributed by atoms with Crippen molar-refractivity contribution in [2.24, 2.45) is 5.92 Å². The lowest BCUT2D eigenvalue weighted by atomic mass is 9.92. The van der Waals surface area contributed by atoms with E-state index in [4.69, 9.17) is 0 Å². The minimum atomic E-state index is -0.0865. The monoisotopic (exact) mass is 440 g/mol. The molecule has 0 atom stereocenters. The Morgan fingerprint density at radius 1 is 1.00 bits per heavy atom. The van der Waals surface area contributed by atoms with Crippen molar-refractivity contribution >= 4 is 45.8 Å². The second-order valence-electron chi connectivity index (χ2n) is 8.79. The molecule has 4 aromatic rings. The number of Topliss-reactive ketones (excluding diaryl/α,β-unsaturated/α-hetero) is 1. The number of aldehydes is 2. The van der Waals surface area contributed by atoms with Crippen molar-refractivity contribution < 1.29 is 14.4 Å². The maximum atomic E-state index is 12.7. The normalized spacial score (nSPS) is 11.3. The minimum absolute atomic E-state index is 0.0865. The molecule has 4 rings (SSSR count). The minimum Gasteiger partial charge on any atom is -0.377 e. The van der Waals surface area contributed by atoms with Crippen LogP contribution in [0.15, 0.2) is 48.5 Å². The zero-order chi connectivity index (χ0) is 23.9. The van der Waals surface area contributed by atoms with Gasteiger partial charge in [-0.15, -0.1) is 0 Å². The molecular formula is C28H28N2O3. The standard InChI is InChI=1S/C28H28N2O3/c1-6-30-25-13-10-18(28(33)17(2)3)14-22(25)20-8-7-9-21(27(20)30)26-19(15-31)11-12-24(29(4)5)23(26)16-32/h7-17H,6H2,1-5H3. The summed E-state index contributed by atoms with van der Waals surface area (Å²) in [5.41, 5.74) is 5.83. The molecule has 1 heterocycles. The zero-order valence-corrected chi connectivity index (χ0v) is 19.7. The van der Waals surface area contributed by atoms with Gasteiger partial charge < -0.3 is 9.47 Å². The van der Waals surface area contributed by atoms with Crippen molar-refractivity contribution in [3.8, 4) is 11.1 Å². The molecule has 0 N–H and O–H groups in total. The summed E-state index contributed by atoms with van der Waals surface area (Å²) in [6, 6.07) is 15.4. The van der Waals surface area contributed by atoms with E-state index in [0.717, 1.165) is 45.6 Å². The zero-order valence-electron chi connectivity index (χ0n) is 19.7. The fraction of sp³-hybridized carbons (Fsp3) is 0.250. The van der Waals surface area contributed by atoms with Gasteiger partial charge in [-0.25, -0.2) is 0 Å². The van der Waals surface area contributed by atoms with Crippen LogP contribution in [-0.2, 0) is 6.54 Å². The fourth-order valence-electron chi connectivity index (χ4n) is 4.71. The summed E-state index contributed by atoms with van der Waals surface area (Å²) in [5, 5.41) is 1.98. The van der Waals surface area contributed by atoms with Crippen LogP contribution in [0.25, 0.3) is 32.9 Å². The Labute approximate surface area is 193 Å². The van der Waals surface area contributed by atoms with E-state index in [9.17, 15) is 14.4 Å². The second-order valence-corrected chi connectivity index (χ2v) is 8.79. The highest BCUT2D eigenvalue weighted by atomic mass is 16.1. The van der Waals surface area contributed by atoms with E-state index in [0.29, 0.717) is 28.8 Å². The number of benzene rings is 3. The van der Waals surface area contributed by atoms with Crippen LogP contribution in [0.2, 0.25) is 0 Å². The summed E-state index contributed by atoms with van der Waals surface area (Å²) >= 11 is 0. The van der Waals surface area contributed by atoms with E-state index in [1.807, 2.05) is 69.2 Å². The third kappa shape index (κ3) is 3.54. The molecule has 0 amide bonds. The molecule has 3 aromatic carbocycles. The largest absolute Gasteiger partial charge is 0.377 e. The van der Waals surface area contributed by atoms with Crippen molar-refractivity contribution in [1.82, 2.24) is 4.57 Å². The molecule has 0 bridgehead atoms. The molecule has 0 aliphatic carbocycles. The smallest absolute Gasteiger partial charge is 0.165 e. The van der Waals surface area contributed by atoms with Crippen molar-refractivity contribution in [3.63, 3.8) is 0 Å². The number of para-hydroxylation sites is 1. The number of nitrogens with zero attached hydrogens (tertiary/aromatic N) is 2. The summed E-state index contributed by atoms with van der Waals surface area (Å²) in [4.78, 5) is 38.8. The molecule has 0 aliphatic heterocycles. The van der Waals surface area contributed by atoms with Gasteiger partial charge in [0.25, 0.3) is 0 Å². The number of hydrogen-bond donors (Lipinski definition) is 0. The van der Waals surface area contributed by atoms with Gasteiger partial charge in [-0.3, -0.25) is 14.4 Å². The molecule has 33 heavy (non-hydrogen) atoms. The van der Waals surface area contributed by atoms with Crippen LogP contribution in [0.5, 0.6) is 0 Å². The van der Waals surface area contributed by atoms with E-state index in [2.05, 4.69) is 11.5 Å². The third-order valence-corrected chi connectivity index (χ3v) is 6.26. The van der Waals surface area contributed by atoms with Gasteiger partial charge in [0.1, 0.15) is 0 Å². The molecule has 5 heteroatoms. The molecule has 0 saturated carbocycles. The van der Waals surface area contributed by atoms with Gasteiger partial charge in [-0.2, -0.15) is 0 Å². The van der Waals surface area contributed by atoms with Crippen molar-refractivity contribution in [3.05, 3.63) is 65.2 Å². The Morgan fingerprint density at radius 3 is 2.36 bits per heavy atom. The molecule has 0 saturated heterocycles. The number of aromatic nitrogens is 1. The first-order valence-corrected chi connectivity index (χ1v) is 11.2. The Morgan fingerprint density at radius 2 is 1.76 bits per heavy atom. The number of aryl methyl sites for hydroxylation is 1. The number of carbonyl (C=O) groups is 3. The van der Waals surface area contributed by atoms with Gasteiger partial charge in [0, 0.05) is 76.4 Å². The predicted molar refractivity (Wildman–Crippen MR) is 135 cm³/mol. The highest BCUT2D eigenvalue weighted by molar-refractivity contribution is 6.16. The first-order chi connectivity index (χ1) is 15.8. The van der Waals surface area contributed by atoms with Crippen LogP contribution >= 0.6 is 0 Å². The molecule has 0 radical (unpaired) electrons. The van der Waals surface area contributed by atoms with E-state index in [1.54, 1.807) is 12.1 Å². The number of rotatable bonds is 7. The second kappa shape index (κ2) is 8.66. The van der Waals surface area contributed by atoms with Gasteiger partial charge in [0.05, 0.1) is 5.52 Å². The predicted octanol–water partition coefficient (Wildman–Crippen LogP) is 6.01. The van der Waals surface area contributed by atoms with E-state index in [1.165, 1.54) is 0 Å². The average Bonchev–Trinajstić information content (AvgIpc) is 3.15. The maximum absolute atomic E-state index is 12.7. The molecule has 168 valence electrons. The van der Waals surface area contributed by atoms with Gasteiger partial charge in [0.15, 0.2) is 18.4 Å². The number of carbonyl (C=O) groups excluding carboxylic acids is 3. The number of hydrogen-bond acceptors (Lipinski definition) is 4. The fourth-order valence-corrected chi connectivity index (χ4v) is 4.71. The van der Waals surface area contributed by atoms with Gasteiger partial charge in [-0.05, 0) is 37.3 Å². The summed E-state index contributed by atoms with van der Waals surface area (Å²) < 4.78 is 2.19. The van der Waals surface area contributed by atoms with E-state index < -0.39 is 0 Å². The number of fused-ring (bicyclic) bond motifs is 3. The van der Waals surface area contributed by atoms with Gasteiger partial charge >= 0.3 is 0 Å². The van der Waals surface area contributed by atoms with Crippen LogP contribution in [0.4, 0.5) is 5.69 Å². The van der Waals surface area contributed by atoms with Gasteiger partial charge in [-0.1, -0.05) is 32.0 Å². The summed E-state index contributed by atoms with van der Waals surface area (Å²) in [6.07, 6.45) is 1.63.